The molecule has 0 aliphatic rings. The largest absolute Gasteiger partial charge is 0.459 e. The van der Waals surface area contributed by atoms with Crippen LogP contribution in [0.25, 0.3) is 0 Å². The number of benzene rings is 1. The molecule has 1 N–H and O–H groups in total. The molecule has 8 heteroatoms. The molecule has 0 aliphatic carbocycles. The minimum absolute atomic E-state index is 0.00895. The van der Waals surface area contributed by atoms with Gasteiger partial charge in [-0.15, -0.1) is 0 Å². The first-order valence-electron chi connectivity index (χ1n) is 8.04. The normalized spacial score (nSPS) is 11.9. The topological polar surface area (TPSA) is 71.8 Å². The van der Waals surface area contributed by atoms with Gasteiger partial charge >= 0.3 is 6.61 Å². The number of halogens is 2. The van der Waals surface area contributed by atoms with Crippen molar-refractivity contribution in [1.29, 1.82) is 0 Å². The molecule has 0 fully saturated rings. The zero-order chi connectivity index (χ0) is 19.1. The highest BCUT2D eigenvalue weighted by Gasteiger charge is 2.21. The van der Waals surface area contributed by atoms with E-state index in [0.717, 1.165) is 0 Å². The lowest BCUT2D eigenvalue weighted by Crippen LogP contribution is -2.39. The summed E-state index contributed by atoms with van der Waals surface area (Å²) in [6.45, 7) is -1.35. The molecule has 0 saturated carbocycles. The molecule has 140 valence electrons. The molecule has 2 amide bonds. The molecule has 1 heterocycles. The molecule has 1 atom stereocenters. The average molecular weight is 366 g/mol. The quantitative estimate of drug-likeness (QED) is 0.779. The number of para-hydroxylation sites is 1. The van der Waals surface area contributed by atoms with E-state index in [1.165, 1.54) is 30.3 Å². The Morgan fingerprint density at radius 3 is 2.58 bits per heavy atom. The van der Waals surface area contributed by atoms with Crippen LogP contribution in [0.1, 0.15) is 35.5 Å². The third kappa shape index (κ3) is 5.05. The molecular formula is C18H20F2N2O4. The van der Waals surface area contributed by atoms with Crippen LogP contribution >= 0.6 is 0 Å². The van der Waals surface area contributed by atoms with Crippen LogP contribution in [0.15, 0.2) is 47.1 Å². The zero-order valence-corrected chi connectivity index (χ0v) is 14.4. The number of hydrogen-bond donors (Lipinski definition) is 1. The van der Waals surface area contributed by atoms with Crippen molar-refractivity contribution in [3.63, 3.8) is 0 Å². The molecule has 6 nitrogen and oxygen atoms in total. The van der Waals surface area contributed by atoms with Gasteiger partial charge in [0.15, 0.2) is 5.76 Å². The minimum Gasteiger partial charge on any atom is -0.459 e. The molecule has 2 aromatic rings. The first kappa shape index (κ1) is 19.4. The van der Waals surface area contributed by atoms with E-state index in [1.54, 1.807) is 24.3 Å². The Kier molecular flexibility index (Phi) is 6.71. The van der Waals surface area contributed by atoms with E-state index >= 15 is 0 Å². The molecular weight excluding hydrogens is 346 g/mol. The van der Waals surface area contributed by atoms with Gasteiger partial charge in [-0.2, -0.15) is 8.78 Å². The van der Waals surface area contributed by atoms with Crippen LogP contribution < -0.4 is 10.1 Å². The Bertz CT molecular complexity index is 735. The van der Waals surface area contributed by atoms with Crippen molar-refractivity contribution < 1.29 is 27.5 Å². The second kappa shape index (κ2) is 8.98. The highest BCUT2D eigenvalue weighted by Crippen LogP contribution is 2.28. The third-order valence-corrected chi connectivity index (χ3v) is 3.71. The fourth-order valence-corrected chi connectivity index (χ4v) is 2.49. The highest BCUT2D eigenvalue weighted by molar-refractivity contribution is 5.94. The Labute approximate surface area is 149 Å². The first-order valence-corrected chi connectivity index (χ1v) is 8.04. The lowest BCUT2D eigenvalue weighted by molar-refractivity contribution is -0.122. The molecule has 0 spiro atoms. The molecule has 0 aliphatic heterocycles. The lowest BCUT2D eigenvalue weighted by Gasteiger charge is -2.22. The van der Waals surface area contributed by atoms with Gasteiger partial charge < -0.3 is 19.4 Å². The minimum atomic E-state index is -2.96. The van der Waals surface area contributed by atoms with Gasteiger partial charge in [-0.3, -0.25) is 9.59 Å². The van der Waals surface area contributed by atoms with Crippen molar-refractivity contribution in [1.82, 2.24) is 10.2 Å². The summed E-state index contributed by atoms with van der Waals surface area (Å²) in [5, 5.41) is 2.74. The summed E-state index contributed by atoms with van der Waals surface area (Å²) in [4.78, 5) is 25.6. The molecule has 0 saturated heterocycles. The second-order valence-corrected chi connectivity index (χ2v) is 5.58. The maximum absolute atomic E-state index is 12.6. The Hall–Kier alpha value is -2.90. The van der Waals surface area contributed by atoms with Gasteiger partial charge in [0.1, 0.15) is 5.75 Å². The van der Waals surface area contributed by atoms with Crippen molar-refractivity contribution >= 4 is 11.8 Å². The summed E-state index contributed by atoms with van der Waals surface area (Å²) >= 11 is 0. The molecule has 1 aromatic heterocycles. The van der Waals surface area contributed by atoms with Gasteiger partial charge in [0.2, 0.25) is 5.91 Å². The Morgan fingerprint density at radius 1 is 1.23 bits per heavy atom. The Morgan fingerprint density at radius 2 is 1.96 bits per heavy atom. The van der Waals surface area contributed by atoms with E-state index in [-0.39, 0.29) is 18.1 Å². The summed E-state index contributed by atoms with van der Waals surface area (Å²) in [6.07, 6.45) is 1.83. The van der Waals surface area contributed by atoms with Gasteiger partial charge in [0, 0.05) is 12.6 Å². The number of likely N-dealkylation sites (N-methyl/N-ethyl adjacent to an activating group) is 1. The van der Waals surface area contributed by atoms with Crippen molar-refractivity contribution in [2.24, 2.45) is 0 Å². The monoisotopic (exact) mass is 366 g/mol. The Balaban J connectivity index is 2.03. The van der Waals surface area contributed by atoms with Crippen LogP contribution in [0.5, 0.6) is 5.75 Å². The molecule has 1 unspecified atom stereocenters. The van der Waals surface area contributed by atoms with Crippen molar-refractivity contribution in [3.8, 4) is 5.75 Å². The van der Waals surface area contributed by atoms with Crippen LogP contribution in [0.2, 0.25) is 0 Å². The van der Waals surface area contributed by atoms with Gasteiger partial charge in [0.05, 0.1) is 18.8 Å². The predicted octanol–water partition coefficient (Wildman–Crippen LogP) is 3.22. The van der Waals surface area contributed by atoms with Crippen molar-refractivity contribution in [2.45, 2.75) is 26.0 Å². The van der Waals surface area contributed by atoms with E-state index in [2.05, 4.69) is 10.1 Å². The predicted molar refractivity (Wildman–Crippen MR) is 89.9 cm³/mol. The van der Waals surface area contributed by atoms with Crippen molar-refractivity contribution in [3.05, 3.63) is 54.0 Å². The van der Waals surface area contributed by atoms with Gasteiger partial charge in [-0.25, -0.2) is 0 Å². The summed E-state index contributed by atoms with van der Waals surface area (Å²) in [7, 11) is 1.47. The van der Waals surface area contributed by atoms with E-state index in [1.807, 2.05) is 6.92 Å². The van der Waals surface area contributed by atoms with Gasteiger partial charge in [-0.1, -0.05) is 25.1 Å². The number of furan rings is 1. The second-order valence-electron chi connectivity index (χ2n) is 5.58. The fourth-order valence-electron chi connectivity index (χ4n) is 2.49. The summed E-state index contributed by atoms with van der Waals surface area (Å²) in [6, 6.07) is 8.84. The lowest BCUT2D eigenvalue weighted by atomic mass is 10.0. The number of carbonyl (C=O) groups is 2. The van der Waals surface area contributed by atoms with Gasteiger partial charge in [-0.05, 0) is 24.6 Å². The zero-order valence-electron chi connectivity index (χ0n) is 14.4. The van der Waals surface area contributed by atoms with Crippen LogP contribution in [0.4, 0.5) is 8.78 Å². The standard InChI is InChI=1S/C18H20F2N2O4/c1-3-13(12-7-4-5-8-14(12)26-18(19)20)21-16(23)11-22(2)17(24)15-9-6-10-25-15/h4-10,13,18H,3,11H2,1-2H3,(H,21,23). The van der Waals surface area contributed by atoms with Crippen LogP contribution in [0.3, 0.4) is 0 Å². The number of ether oxygens (including phenoxy) is 1. The molecule has 26 heavy (non-hydrogen) atoms. The van der Waals surface area contributed by atoms with Crippen LogP contribution in [0, 0.1) is 0 Å². The molecule has 0 radical (unpaired) electrons. The smallest absolute Gasteiger partial charge is 0.387 e. The molecule has 0 bridgehead atoms. The maximum atomic E-state index is 12.6. The summed E-state index contributed by atoms with van der Waals surface area (Å²) < 4.78 is 34.7. The average Bonchev–Trinajstić information content (AvgIpc) is 3.13. The number of amides is 2. The van der Waals surface area contributed by atoms with Crippen LogP contribution in [-0.4, -0.2) is 36.9 Å². The molecule has 1 aromatic carbocycles. The maximum Gasteiger partial charge on any atom is 0.387 e. The fraction of sp³-hybridized carbons (Fsp3) is 0.333. The number of nitrogens with one attached hydrogen (secondary N) is 1. The van der Waals surface area contributed by atoms with E-state index in [4.69, 9.17) is 4.42 Å². The summed E-state index contributed by atoms with van der Waals surface area (Å²) in [5.41, 5.74) is 0.448. The highest BCUT2D eigenvalue weighted by atomic mass is 19.3. The van der Waals surface area contributed by atoms with E-state index in [9.17, 15) is 18.4 Å². The van der Waals surface area contributed by atoms with E-state index < -0.39 is 24.5 Å². The van der Waals surface area contributed by atoms with Crippen molar-refractivity contribution in [2.75, 3.05) is 13.6 Å². The molecule has 2 rings (SSSR count). The first-order chi connectivity index (χ1) is 12.4. The number of carbonyl (C=O) groups excluding carboxylic acids is 2. The van der Waals surface area contributed by atoms with Gasteiger partial charge in [0.25, 0.3) is 5.91 Å². The number of alkyl halides is 2. The van der Waals surface area contributed by atoms with Crippen LogP contribution in [-0.2, 0) is 4.79 Å². The number of nitrogens with zero attached hydrogens (tertiary/aromatic N) is 1. The number of hydrogen-bond acceptors (Lipinski definition) is 4. The third-order valence-electron chi connectivity index (χ3n) is 3.71. The number of rotatable bonds is 8. The SMILES string of the molecule is CCC(NC(=O)CN(C)C(=O)c1ccco1)c1ccccc1OC(F)F. The summed E-state index contributed by atoms with van der Waals surface area (Å²) in [5.74, 6) is -0.719. The van der Waals surface area contributed by atoms with E-state index in [0.29, 0.717) is 12.0 Å².